The molecular weight excluding hydrogens is 607 g/mol. The molecule has 1 fully saturated rings. The quantitative estimate of drug-likeness (QED) is 0.108. The summed E-state index contributed by atoms with van der Waals surface area (Å²) in [6, 6.07) is 7.46. The molecule has 2 aliphatic heterocycles. The molecule has 1 aromatic carbocycles. The van der Waals surface area contributed by atoms with Crippen LogP contribution in [0.15, 0.2) is 24.3 Å². The van der Waals surface area contributed by atoms with Gasteiger partial charge in [0.25, 0.3) is 0 Å². The molecule has 1 aromatic rings. The Bertz CT molecular complexity index is 923. The molecule has 4 N–H and O–H groups in total. The monoisotopic (exact) mass is 647 g/mol. The van der Waals surface area contributed by atoms with Crippen molar-refractivity contribution >= 4 is 29.5 Å². The van der Waals surface area contributed by atoms with Crippen LogP contribution >= 0.6 is 11.8 Å². The van der Waals surface area contributed by atoms with E-state index in [0.29, 0.717) is 32.4 Å². The Labute approximate surface area is 235 Å². The molecule has 0 spiro atoms. The van der Waals surface area contributed by atoms with Gasteiger partial charge < -0.3 is 0 Å². The van der Waals surface area contributed by atoms with E-state index in [1.165, 1.54) is 11.1 Å². The number of thioether (sulfide) groups is 1. The molecule has 1 saturated heterocycles. The van der Waals surface area contributed by atoms with Gasteiger partial charge in [-0.05, 0) is 0 Å². The molecule has 2 aliphatic rings. The van der Waals surface area contributed by atoms with Gasteiger partial charge in [-0.2, -0.15) is 0 Å². The number of nitrogens with zero attached hydrogens (tertiary/aromatic N) is 1. The number of nitrogens with one attached hydrogen (secondary N) is 3. The molecule has 5 atom stereocenters. The second-order valence-electron chi connectivity index (χ2n) is 9.85. The average Bonchev–Trinajstić information content (AvgIpc) is 3.33. The fourth-order valence-corrected chi connectivity index (χ4v) is 6.80. The molecule has 3 rings (SSSR count). The number of hydrogen-bond acceptors (Lipinski definition) is 7. The summed E-state index contributed by atoms with van der Waals surface area (Å²) in [5.41, 5.74) is 2.59. The van der Waals surface area contributed by atoms with E-state index in [9.17, 15) is 19.5 Å². The Hall–Kier alpha value is -1.41. The molecule has 0 saturated carbocycles. The number of halogens is 1. The van der Waals surface area contributed by atoms with Crippen molar-refractivity contribution in [2.75, 3.05) is 25.2 Å². The molecule has 0 radical (unpaired) electrons. The van der Waals surface area contributed by atoms with Crippen LogP contribution in [-0.2, 0) is 30.4 Å². The molecule has 2 amide bonds. The number of fused-ring (bicyclic) bond motifs is 1. The minimum absolute atomic E-state index is 0.0569. The molecule has 0 bridgehead atoms. The van der Waals surface area contributed by atoms with Gasteiger partial charge in [0.15, 0.2) is 0 Å². The number of hydrogen-bond donors (Lipinski definition) is 4. The van der Waals surface area contributed by atoms with Crippen molar-refractivity contribution in [3.63, 3.8) is 0 Å². The number of carboxylic acids is 1. The summed E-state index contributed by atoms with van der Waals surface area (Å²) in [7, 11) is 0. The van der Waals surface area contributed by atoms with Crippen LogP contribution in [0.3, 0.4) is 0 Å². The normalized spacial score (nSPS) is 22.2. The van der Waals surface area contributed by atoms with Gasteiger partial charge >= 0.3 is 236 Å². The Morgan fingerprint density at radius 3 is 2.73 bits per heavy atom. The number of amides is 2. The first kappa shape index (κ1) is 30.1. The van der Waals surface area contributed by atoms with E-state index in [-0.39, 0.29) is 29.8 Å². The van der Waals surface area contributed by atoms with Crippen LogP contribution in [0.5, 0.6) is 0 Å². The van der Waals surface area contributed by atoms with Gasteiger partial charge in [0.2, 0.25) is 0 Å². The van der Waals surface area contributed by atoms with Gasteiger partial charge in [-0.15, -0.1) is 0 Å². The first-order valence-corrected chi connectivity index (χ1v) is 16.3. The summed E-state index contributed by atoms with van der Waals surface area (Å²) in [5, 5.41) is 15.5. The Balaban J connectivity index is 1.65. The van der Waals surface area contributed by atoms with Crippen molar-refractivity contribution in [1.82, 2.24) is 19.1 Å². The van der Waals surface area contributed by atoms with Crippen LogP contribution in [0.4, 0.5) is 0 Å². The Morgan fingerprint density at radius 1 is 1.32 bits per heavy atom. The second kappa shape index (κ2) is 15.2. The standard InChI is InChI=1S/C26H40IN4O5S/c1-4-17(2)23(29-25(33)21-9-10-24(32)28-21)15-31-14-19-8-6-5-7-18(19)13-20(31)16-36-27-30-22(26(34)35)11-12-37-3/h5-8,17,20-23,30H,4,9-16H2,1-3H3,(H,28,32)(H,29,33)(H,34,35)/q-1/t17?,20-,21-,22-,23+/m0/s1. The molecule has 2 heterocycles. The first-order valence-electron chi connectivity index (χ1n) is 13.0. The summed E-state index contributed by atoms with van der Waals surface area (Å²) in [4.78, 5) is 38.5. The summed E-state index contributed by atoms with van der Waals surface area (Å²) in [6.07, 6.45) is 5.24. The van der Waals surface area contributed by atoms with Crippen LogP contribution in [0.25, 0.3) is 0 Å². The molecule has 9 nitrogen and oxygen atoms in total. The summed E-state index contributed by atoms with van der Waals surface area (Å²) in [5.74, 6) is 0.0357. The zero-order valence-corrected chi connectivity index (χ0v) is 24.8. The van der Waals surface area contributed by atoms with Crippen molar-refractivity contribution in [2.24, 2.45) is 5.92 Å². The predicted molar refractivity (Wildman–Crippen MR) is 140 cm³/mol. The van der Waals surface area contributed by atoms with E-state index in [1.54, 1.807) is 11.8 Å². The predicted octanol–water partition coefficient (Wildman–Crippen LogP) is -1.05. The van der Waals surface area contributed by atoms with E-state index >= 15 is 0 Å². The fraction of sp³-hybridized carbons (Fsp3) is 0.654. The third-order valence-corrected chi connectivity index (χ3v) is 9.58. The first-order chi connectivity index (χ1) is 17.8. The van der Waals surface area contributed by atoms with Crippen molar-refractivity contribution in [2.45, 2.75) is 76.7 Å². The van der Waals surface area contributed by atoms with Crippen LogP contribution in [0, 0.1) is 5.92 Å². The molecule has 1 unspecified atom stereocenters. The minimum atomic E-state index is -0.921. The van der Waals surface area contributed by atoms with Gasteiger partial charge in [0.1, 0.15) is 0 Å². The van der Waals surface area contributed by atoms with E-state index in [0.717, 1.165) is 25.1 Å². The van der Waals surface area contributed by atoms with E-state index in [4.69, 9.17) is 3.07 Å². The SMILES string of the molecule is CCC(C)[C@@H](CN1Cc2ccccc2C[C@H]1CO[I-]N[C@@H](CCSC)C(=O)O)NC(=O)[C@@H]1CCC(=O)N1. The number of rotatable bonds is 15. The summed E-state index contributed by atoms with van der Waals surface area (Å²) >= 11 is 0.715. The molecule has 208 valence electrons. The number of carbonyl (C=O) groups is 3. The molecule has 37 heavy (non-hydrogen) atoms. The molecule has 11 heteroatoms. The third-order valence-electron chi connectivity index (χ3n) is 7.26. The molecule has 0 aliphatic carbocycles. The zero-order valence-electron chi connectivity index (χ0n) is 21.9. The van der Waals surface area contributed by atoms with Gasteiger partial charge in [-0.1, -0.05) is 0 Å². The number of carboxylic acid groups (broad SMARTS) is 1. The Kier molecular flexibility index (Phi) is 12.4. The van der Waals surface area contributed by atoms with Crippen LogP contribution in [-0.4, -0.2) is 77.1 Å². The van der Waals surface area contributed by atoms with Crippen LogP contribution in [0.2, 0.25) is 0 Å². The maximum absolute atomic E-state index is 12.9. The summed E-state index contributed by atoms with van der Waals surface area (Å²) < 4.78 is 9.20. The van der Waals surface area contributed by atoms with Crippen molar-refractivity contribution < 1.29 is 44.5 Å². The molecular formula is C26H40IN4O5S-. The summed E-state index contributed by atoms with van der Waals surface area (Å²) in [6.45, 7) is 6.23. The van der Waals surface area contributed by atoms with Gasteiger partial charge in [-0.3, -0.25) is 0 Å². The van der Waals surface area contributed by atoms with Crippen LogP contribution < -0.4 is 36.1 Å². The fourth-order valence-electron chi connectivity index (χ4n) is 4.67. The van der Waals surface area contributed by atoms with Crippen molar-refractivity contribution in [3.8, 4) is 0 Å². The maximum atomic E-state index is 12.9. The van der Waals surface area contributed by atoms with Crippen molar-refractivity contribution in [3.05, 3.63) is 35.4 Å². The zero-order chi connectivity index (χ0) is 26.8. The van der Waals surface area contributed by atoms with E-state index in [1.807, 2.05) is 6.26 Å². The van der Waals surface area contributed by atoms with Crippen molar-refractivity contribution in [1.29, 1.82) is 0 Å². The third kappa shape index (κ3) is 9.09. The number of carbonyl (C=O) groups excluding carboxylic acids is 2. The number of benzene rings is 1. The molecule has 0 aromatic heterocycles. The van der Waals surface area contributed by atoms with Gasteiger partial charge in [-0.25, -0.2) is 0 Å². The average molecular weight is 648 g/mol. The second-order valence-corrected chi connectivity index (χ2v) is 12.5. The number of aliphatic carboxylic acids is 1. The Morgan fingerprint density at radius 2 is 2.08 bits per heavy atom. The van der Waals surface area contributed by atoms with E-state index < -0.39 is 39.9 Å². The van der Waals surface area contributed by atoms with E-state index in [2.05, 4.69) is 57.2 Å². The topological polar surface area (TPSA) is 120 Å². The van der Waals surface area contributed by atoms with Gasteiger partial charge in [0, 0.05) is 0 Å². The van der Waals surface area contributed by atoms with Crippen LogP contribution in [0.1, 0.15) is 50.7 Å². The van der Waals surface area contributed by atoms with Gasteiger partial charge in [0.05, 0.1) is 0 Å².